The third kappa shape index (κ3) is 1.47. The minimum Gasteiger partial charge on any atom is -0.459 e. The van der Waals surface area contributed by atoms with E-state index in [-0.39, 0.29) is 35.4 Å². The van der Waals surface area contributed by atoms with Crippen LogP contribution in [0.2, 0.25) is 0 Å². The summed E-state index contributed by atoms with van der Waals surface area (Å²) in [5.41, 5.74) is 0.134. The molecule has 3 aliphatic heterocycles. The molecule has 0 bridgehead atoms. The number of epoxide rings is 1. The van der Waals surface area contributed by atoms with Gasteiger partial charge in [0.05, 0.1) is 12.0 Å². The van der Waals surface area contributed by atoms with Gasteiger partial charge in [0.1, 0.15) is 17.8 Å². The molecule has 5 rings (SSSR count). The van der Waals surface area contributed by atoms with Crippen molar-refractivity contribution in [1.82, 2.24) is 4.90 Å². The van der Waals surface area contributed by atoms with E-state index in [1.165, 1.54) is 0 Å². The number of carbonyl (C=O) groups excluding carboxylic acids is 2. The second-order valence-electron chi connectivity index (χ2n) is 8.78. The van der Waals surface area contributed by atoms with Gasteiger partial charge >= 0.3 is 5.97 Å². The minimum absolute atomic E-state index is 0.0648. The van der Waals surface area contributed by atoms with Crippen molar-refractivity contribution < 1.29 is 19.1 Å². The molecule has 5 heteroatoms. The number of esters is 1. The Balaban J connectivity index is 1.65. The summed E-state index contributed by atoms with van der Waals surface area (Å²) in [6, 6.07) is 0. The molecule has 0 radical (unpaired) electrons. The van der Waals surface area contributed by atoms with Crippen molar-refractivity contribution >= 4 is 11.9 Å². The average Bonchev–Trinajstić information content (AvgIpc) is 3.16. The Morgan fingerprint density at radius 3 is 2.75 bits per heavy atom. The third-order valence-corrected chi connectivity index (χ3v) is 7.41. The first-order chi connectivity index (χ1) is 11.4. The van der Waals surface area contributed by atoms with Gasteiger partial charge in [0.25, 0.3) is 0 Å². The van der Waals surface area contributed by atoms with E-state index in [0.29, 0.717) is 6.54 Å². The van der Waals surface area contributed by atoms with Crippen LogP contribution in [-0.4, -0.2) is 47.7 Å². The number of nitrogens with zero attached hydrogens (tertiary/aromatic N) is 1. The summed E-state index contributed by atoms with van der Waals surface area (Å²) in [5.74, 6) is 0.164. The molecule has 1 spiro atoms. The lowest BCUT2D eigenvalue weighted by Crippen LogP contribution is -2.59. The van der Waals surface area contributed by atoms with E-state index in [9.17, 15) is 9.59 Å². The normalized spacial score (nSPS) is 51.4. The van der Waals surface area contributed by atoms with Crippen LogP contribution in [0.1, 0.15) is 46.5 Å². The predicted molar refractivity (Wildman–Crippen MR) is 86.0 cm³/mol. The maximum absolute atomic E-state index is 12.6. The Labute approximate surface area is 142 Å². The number of rotatable bonds is 2. The van der Waals surface area contributed by atoms with E-state index in [2.05, 4.69) is 20.8 Å². The number of fused-ring (bicyclic) bond motifs is 2. The van der Waals surface area contributed by atoms with E-state index < -0.39 is 11.0 Å². The second kappa shape index (κ2) is 4.24. The fraction of sp³-hybridized carbons (Fsp3) is 0.789. The van der Waals surface area contributed by atoms with E-state index in [1.807, 2.05) is 11.0 Å². The fourth-order valence-corrected chi connectivity index (χ4v) is 6.42. The summed E-state index contributed by atoms with van der Waals surface area (Å²) >= 11 is 0. The molecule has 24 heavy (non-hydrogen) atoms. The van der Waals surface area contributed by atoms with Gasteiger partial charge in [-0.05, 0) is 37.2 Å². The zero-order chi connectivity index (χ0) is 16.9. The minimum atomic E-state index is -0.430. The highest BCUT2D eigenvalue weighted by molar-refractivity contribution is 5.91. The highest BCUT2D eigenvalue weighted by Gasteiger charge is 2.80. The van der Waals surface area contributed by atoms with Crippen molar-refractivity contribution in [2.75, 3.05) is 13.1 Å². The highest BCUT2D eigenvalue weighted by Crippen LogP contribution is 2.71. The van der Waals surface area contributed by atoms with E-state index in [1.54, 1.807) is 0 Å². The molecule has 2 saturated heterocycles. The number of ether oxygens (including phenoxy) is 2. The standard InChI is InChI=1S/C19H25NO4/c1-4-8-20-10-19-11(9-12(20)21)17(2)6-5-7-18(3)14(17)13(15(19)24-19)23-16(18)22/h9,13-15H,4-8,10H2,1-3H3/t13-,14+,15+,17+,18-,19-/m0/s1. The highest BCUT2D eigenvalue weighted by atomic mass is 16.7. The van der Waals surface area contributed by atoms with E-state index in [0.717, 1.165) is 37.8 Å². The molecule has 5 aliphatic rings. The fourth-order valence-electron chi connectivity index (χ4n) is 6.42. The first-order valence-electron chi connectivity index (χ1n) is 9.27. The third-order valence-electron chi connectivity index (χ3n) is 7.41. The summed E-state index contributed by atoms with van der Waals surface area (Å²) in [6.07, 6.45) is 5.43. The molecule has 0 aromatic rings. The first-order valence-corrected chi connectivity index (χ1v) is 9.27. The summed E-state index contributed by atoms with van der Waals surface area (Å²) in [6.45, 7) is 7.74. The lowest BCUT2D eigenvalue weighted by Gasteiger charge is -2.53. The van der Waals surface area contributed by atoms with E-state index >= 15 is 0 Å². The van der Waals surface area contributed by atoms with Crippen molar-refractivity contribution in [1.29, 1.82) is 0 Å². The molecule has 130 valence electrons. The Bertz CT molecular complexity index is 687. The molecule has 6 atom stereocenters. The van der Waals surface area contributed by atoms with Gasteiger partial charge in [0, 0.05) is 18.5 Å². The molecule has 0 aromatic carbocycles. The van der Waals surface area contributed by atoms with Crippen molar-refractivity contribution in [3.05, 3.63) is 11.6 Å². The van der Waals surface area contributed by atoms with Crippen LogP contribution in [0.25, 0.3) is 0 Å². The summed E-state index contributed by atoms with van der Waals surface area (Å²) in [5, 5.41) is 0. The molecule has 4 fully saturated rings. The molecule has 5 nitrogen and oxygen atoms in total. The summed E-state index contributed by atoms with van der Waals surface area (Å²) < 4.78 is 12.1. The van der Waals surface area contributed by atoms with Crippen LogP contribution in [0.5, 0.6) is 0 Å². The van der Waals surface area contributed by atoms with Crippen molar-refractivity contribution in [2.45, 2.75) is 64.3 Å². The van der Waals surface area contributed by atoms with E-state index in [4.69, 9.17) is 9.47 Å². The number of hydrogen-bond acceptors (Lipinski definition) is 4. The zero-order valence-corrected chi connectivity index (χ0v) is 14.6. The van der Waals surface area contributed by atoms with Crippen LogP contribution in [0.4, 0.5) is 0 Å². The van der Waals surface area contributed by atoms with Gasteiger partial charge < -0.3 is 14.4 Å². The van der Waals surface area contributed by atoms with Gasteiger partial charge in [0.15, 0.2) is 0 Å². The smallest absolute Gasteiger partial charge is 0.312 e. The molecule has 2 saturated carbocycles. The molecule has 0 unspecified atom stereocenters. The van der Waals surface area contributed by atoms with Gasteiger partial charge in [-0.3, -0.25) is 9.59 Å². The summed E-state index contributed by atoms with van der Waals surface area (Å²) in [4.78, 5) is 27.2. The Hall–Kier alpha value is -1.36. The van der Waals surface area contributed by atoms with Gasteiger partial charge in [-0.25, -0.2) is 0 Å². The number of carbonyl (C=O) groups is 2. The van der Waals surface area contributed by atoms with Crippen molar-refractivity contribution in [3.63, 3.8) is 0 Å². The van der Waals surface area contributed by atoms with Crippen LogP contribution in [0, 0.1) is 16.7 Å². The first kappa shape index (κ1) is 14.9. The molecule has 0 N–H and O–H groups in total. The molecular formula is C19H25NO4. The van der Waals surface area contributed by atoms with Gasteiger partial charge in [-0.15, -0.1) is 0 Å². The average molecular weight is 331 g/mol. The number of hydrogen-bond donors (Lipinski definition) is 0. The van der Waals surface area contributed by atoms with Gasteiger partial charge in [0.2, 0.25) is 5.91 Å². The monoisotopic (exact) mass is 331 g/mol. The van der Waals surface area contributed by atoms with Crippen LogP contribution < -0.4 is 0 Å². The molecule has 3 heterocycles. The van der Waals surface area contributed by atoms with Crippen molar-refractivity contribution in [2.24, 2.45) is 16.7 Å². The van der Waals surface area contributed by atoms with Crippen LogP contribution in [0.3, 0.4) is 0 Å². The maximum atomic E-state index is 12.6. The lowest BCUT2D eigenvalue weighted by molar-refractivity contribution is -0.149. The Morgan fingerprint density at radius 2 is 2.00 bits per heavy atom. The van der Waals surface area contributed by atoms with Crippen LogP contribution in [-0.2, 0) is 19.1 Å². The molecule has 0 aromatic heterocycles. The van der Waals surface area contributed by atoms with Crippen LogP contribution in [0.15, 0.2) is 11.6 Å². The molecular weight excluding hydrogens is 306 g/mol. The van der Waals surface area contributed by atoms with Crippen LogP contribution >= 0.6 is 0 Å². The predicted octanol–water partition coefficient (Wildman–Crippen LogP) is 2.05. The molecule has 1 amide bonds. The van der Waals surface area contributed by atoms with Crippen molar-refractivity contribution in [3.8, 4) is 0 Å². The van der Waals surface area contributed by atoms with Gasteiger partial charge in [-0.2, -0.15) is 0 Å². The lowest BCUT2D eigenvalue weighted by atomic mass is 9.48. The Morgan fingerprint density at radius 1 is 1.25 bits per heavy atom. The Kier molecular flexibility index (Phi) is 2.64. The maximum Gasteiger partial charge on any atom is 0.312 e. The topological polar surface area (TPSA) is 59.1 Å². The largest absolute Gasteiger partial charge is 0.459 e. The molecule has 2 aliphatic carbocycles. The number of amides is 1. The zero-order valence-electron chi connectivity index (χ0n) is 14.6. The summed E-state index contributed by atoms with van der Waals surface area (Å²) in [7, 11) is 0. The van der Waals surface area contributed by atoms with Gasteiger partial charge in [-0.1, -0.05) is 20.3 Å². The SMILES string of the molecule is CCCN1C[C@@]23O[C@@H]2[C@H]2OC(=O)[C@@]4(C)CCC[C@](C)(C3=CC1=O)[C@@H]24. The second-order valence-corrected chi connectivity index (χ2v) is 8.78. The quantitative estimate of drug-likeness (QED) is 0.574.